The molecule has 0 saturated carbocycles. The number of urea groups is 1. The summed E-state index contributed by atoms with van der Waals surface area (Å²) in [5.41, 5.74) is 3.20. The van der Waals surface area contributed by atoms with E-state index in [4.69, 9.17) is 25.8 Å². The van der Waals surface area contributed by atoms with Gasteiger partial charge in [0.25, 0.3) is 0 Å². The van der Waals surface area contributed by atoms with E-state index in [1.807, 2.05) is 0 Å². The van der Waals surface area contributed by atoms with Gasteiger partial charge in [-0.05, 0) is 30.3 Å². The largest absolute Gasteiger partial charge is 0.481 e. The van der Waals surface area contributed by atoms with Gasteiger partial charge in [-0.15, -0.1) is 0 Å². The molecule has 0 bridgehead atoms. The Kier molecular flexibility index (Phi) is 6.95. The maximum absolute atomic E-state index is 12.0. The second-order valence-corrected chi connectivity index (χ2v) is 5.99. The van der Waals surface area contributed by atoms with Crippen molar-refractivity contribution in [3.8, 4) is 23.5 Å². The van der Waals surface area contributed by atoms with E-state index in [0.717, 1.165) is 0 Å². The molecule has 0 fully saturated rings. The van der Waals surface area contributed by atoms with Crippen LogP contribution in [0.5, 0.6) is 23.5 Å². The molecule has 1 aromatic carbocycles. The Morgan fingerprint density at radius 2 is 1.87 bits per heavy atom. The van der Waals surface area contributed by atoms with Gasteiger partial charge >= 0.3 is 12.0 Å². The number of aromatic nitrogens is 3. The number of pyridine rings is 1. The molecule has 0 aliphatic heterocycles. The Hall–Kier alpha value is -3.92. The molecule has 11 heteroatoms. The molecule has 0 atom stereocenters. The average molecular weight is 429 g/mol. The van der Waals surface area contributed by atoms with Crippen LogP contribution in [0.2, 0.25) is 5.02 Å². The van der Waals surface area contributed by atoms with Gasteiger partial charge in [0.2, 0.25) is 11.8 Å². The first kappa shape index (κ1) is 20.8. The number of carbonyl (C=O) groups is 1. The van der Waals surface area contributed by atoms with E-state index < -0.39 is 6.03 Å². The molecule has 3 aromatic rings. The van der Waals surface area contributed by atoms with E-state index in [2.05, 4.69) is 30.8 Å². The molecule has 30 heavy (non-hydrogen) atoms. The van der Waals surface area contributed by atoms with Gasteiger partial charge in [-0.3, -0.25) is 4.98 Å². The fourth-order valence-electron chi connectivity index (χ4n) is 2.20. The number of anilines is 1. The van der Waals surface area contributed by atoms with Crippen molar-refractivity contribution in [3.05, 3.63) is 59.4 Å². The zero-order chi connectivity index (χ0) is 21.3. The summed E-state index contributed by atoms with van der Waals surface area (Å²) >= 11 is 5.89. The van der Waals surface area contributed by atoms with E-state index in [-0.39, 0.29) is 17.8 Å². The summed E-state index contributed by atoms with van der Waals surface area (Å²) in [6, 6.07) is 11.0. The number of carbonyl (C=O) groups excluding carboxylic acids is 1. The zero-order valence-electron chi connectivity index (χ0n) is 16.0. The molecule has 0 saturated heterocycles. The van der Waals surface area contributed by atoms with Crippen LogP contribution < -0.4 is 25.0 Å². The molecule has 0 aliphatic rings. The first-order valence-electron chi connectivity index (χ1n) is 8.53. The van der Waals surface area contributed by atoms with Crippen LogP contribution in [0.4, 0.5) is 10.5 Å². The summed E-state index contributed by atoms with van der Waals surface area (Å²) in [6.45, 7) is 0. The van der Waals surface area contributed by atoms with Crippen LogP contribution in [0, 0.1) is 0 Å². The molecule has 0 unspecified atom stereocenters. The Bertz CT molecular complexity index is 1040. The van der Waals surface area contributed by atoms with Gasteiger partial charge in [-0.1, -0.05) is 17.7 Å². The van der Waals surface area contributed by atoms with E-state index in [9.17, 15) is 4.79 Å². The van der Waals surface area contributed by atoms with Crippen LogP contribution >= 0.6 is 11.6 Å². The topological polar surface area (TPSA) is 120 Å². The van der Waals surface area contributed by atoms with E-state index in [1.54, 1.807) is 42.6 Å². The van der Waals surface area contributed by atoms with E-state index in [1.165, 1.54) is 26.5 Å². The number of hydrogen-bond donors (Lipinski definition) is 2. The molecule has 2 N–H and O–H groups in total. The molecular formula is C19H17ClN6O4. The number of nitrogens with zero attached hydrogens (tertiary/aromatic N) is 4. The molecule has 2 heterocycles. The molecular weight excluding hydrogens is 412 g/mol. The molecule has 2 aromatic heterocycles. The van der Waals surface area contributed by atoms with Gasteiger partial charge in [-0.2, -0.15) is 15.1 Å². The smallest absolute Gasteiger partial charge is 0.339 e. The van der Waals surface area contributed by atoms with Crippen LogP contribution in [-0.4, -0.2) is 41.4 Å². The third kappa shape index (κ3) is 5.79. The first-order chi connectivity index (χ1) is 14.6. The molecule has 0 radical (unpaired) electrons. The predicted octanol–water partition coefficient (Wildman–Crippen LogP) is 3.49. The minimum Gasteiger partial charge on any atom is -0.481 e. The maximum atomic E-state index is 12.0. The highest BCUT2D eigenvalue weighted by atomic mass is 35.5. The Morgan fingerprint density at radius 1 is 1.10 bits per heavy atom. The maximum Gasteiger partial charge on any atom is 0.339 e. The average Bonchev–Trinajstić information content (AvgIpc) is 2.74. The summed E-state index contributed by atoms with van der Waals surface area (Å²) in [5.74, 6) is 0.860. The van der Waals surface area contributed by atoms with Crippen LogP contribution in [0.25, 0.3) is 0 Å². The number of rotatable bonds is 7. The van der Waals surface area contributed by atoms with Gasteiger partial charge in [0.05, 0.1) is 26.5 Å². The molecule has 154 valence electrons. The highest BCUT2D eigenvalue weighted by Crippen LogP contribution is 2.24. The van der Waals surface area contributed by atoms with Crippen molar-refractivity contribution < 1.29 is 19.0 Å². The van der Waals surface area contributed by atoms with Gasteiger partial charge in [0.1, 0.15) is 5.69 Å². The van der Waals surface area contributed by atoms with Crippen molar-refractivity contribution in [2.45, 2.75) is 0 Å². The van der Waals surface area contributed by atoms with Crippen molar-refractivity contribution in [2.24, 2.45) is 5.10 Å². The highest BCUT2D eigenvalue weighted by Gasteiger charge is 2.10. The predicted molar refractivity (Wildman–Crippen MR) is 111 cm³/mol. The van der Waals surface area contributed by atoms with E-state index in [0.29, 0.717) is 22.2 Å². The van der Waals surface area contributed by atoms with Crippen molar-refractivity contribution in [2.75, 3.05) is 19.5 Å². The lowest BCUT2D eigenvalue weighted by Gasteiger charge is -2.09. The third-order valence-corrected chi connectivity index (χ3v) is 3.75. The summed E-state index contributed by atoms with van der Waals surface area (Å²) < 4.78 is 15.9. The standard InChI is InChI=1S/C19H17ClN6O4/c1-28-16-10-17(29-2)25-19(24-16)30-15-7-4-8-21-14(15)11-22-26-18(27)23-13-6-3-5-12(20)9-13/h3-11H,1-2H3,(H2,23,26,27). The first-order valence-corrected chi connectivity index (χ1v) is 8.90. The van der Waals surface area contributed by atoms with Crippen LogP contribution in [0.15, 0.2) is 53.8 Å². The van der Waals surface area contributed by atoms with Gasteiger partial charge in [-0.25, -0.2) is 10.2 Å². The molecule has 10 nitrogen and oxygen atoms in total. The third-order valence-electron chi connectivity index (χ3n) is 3.51. The lowest BCUT2D eigenvalue weighted by molar-refractivity contribution is 0.252. The van der Waals surface area contributed by atoms with Crippen LogP contribution in [0.3, 0.4) is 0 Å². The van der Waals surface area contributed by atoms with E-state index >= 15 is 0 Å². The number of ether oxygens (including phenoxy) is 3. The fraction of sp³-hybridized carbons (Fsp3) is 0.105. The quantitative estimate of drug-likeness (QED) is 0.436. The molecule has 0 aliphatic carbocycles. The van der Waals surface area contributed by atoms with Crippen molar-refractivity contribution in [1.82, 2.24) is 20.4 Å². The normalized spacial score (nSPS) is 10.5. The SMILES string of the molecule is COc1cc(OC)nc(Oc2cccnc2C=NNC(=O)Nc2cccc(Cl)c2)n1. The summed E-state index contributed by atoms with van der Waals surface area (Å²) in [5, 5.41) is 6.98. The van der Waals surface area contributed by atoms with Gasteiger partial charge in [0.15, 0.2) is 5.75 Å². The van der Waals surface area contributed by atoms with Crippen LogP contribution in [-0.2, 0) is 0 Å². The lowest BCUT2D eigenvalue weighted by atomic mass is 10.3. The zero-order valence-corrected chi connectivity index (χ0v) is 16.8. The fourth-order valence-corrected chi connectivity index (χ4v) is 2.39. The van der Waals surface area contributed by atoms with Gasteiger partial charge in [0, 0.05) is 16.9 Å². The number of hydrazone groups is 1. The van der Waals surface area contributed by atoms with Crippen molar-refractivity contribution in [1.29, 1.82) is 0 Å². The lowest BCUT2D eigenvalue weighted by Crippen LogP contribution is -2.24. The number of methoxy groups -OCH3 is 2. The minimum absolute atomic E-state index is 0.000471. The number of nitrogens with one attached hydrogen (secondary N) is 2. The van der Waals surface area contributed by atoms with Gasteiger partial charge < -0.3 is 19.5 Å². The summed E-state index contributed by atoms with van der Waals surface area (Å²) in [6.07, 6.45) is 2.87. The Morgan fingerprint density at radius 3 is 2.57 bits per heavy atom. The monoisotopic (exact) mass is 428 g/mol. The number of halogens is 1. The molecule has 2 amide bonds. The Labute approximate surface area is 176 Å². The summed E-state index contributed by atoms with van der Waals surface area (Å²) in [7, 11) is 2.93. The molecule has 3 rings (SSSR count). The number of hydrogen-bond acceptors (Lipinski definition) is 8. The second kappa shape index (κ2) is 10.0. The van der Waals surface area contributed by atoms with Crippen LogP contribution in [0.1, 0.15) is 5.69 Å². The van der Waals surface area contributed by atoms with Crippen molar-refractivity contribution >= 4 is 29.5 Å². The summed E-state index contributed by atoms with van der Waals surface area (Å²) in [4.78, 5) is 24.3. The minimum atomic E-state index is -0.548. The molecule has 0 spiro atoms. The Balaban J connectivity index is 1.68. The second-order valence-electron chi connectivity index (χ2n) is 5.56. The number of amides is 2. The van der Waals surface area contributed by atoms with Crippen molar-refractivity contribution in [3.63, 3.8) is 0 Å². The highest BCUT2D eigenvalue weighted by molar-refractivity contribution is 6.30. The number of benzene rings is 1.